The van der Waals surface area contributed by atoms with Crippen LogP contribution >= 0.6 is 0 Å². The third kappa shape index (κ3) is 4.24. The first kappa shape index (κ1) is 21.2. The number of primary sulfonamides is 1. The van der Waals surface area contributed by atoms with Crippen LogP contribution in [0.4, 0.5) is 10.1 Å². The molecule has 29 heavy (non-hydrogen) atoms. The number of primary amides is 1. The Labute approximate surface area is 167 Å². The predicted molar refractivity (Wildman–Crippen MR) is 104 cm³/mol. The molecule has 0 atom stereocenters. The SMILES string of the molecule is NC(=O)c1cc(S(N)(=O)=O)ccc1N1CCN(S(=O)(=O)c2ccccc2F)CC1. The molecule has 0 unspecified atom stereocenters. The topological polar surface area (TPSA) is 144 Å². The third-order valence-electron chi connectivity index (χ3n) is 4.60. The van der Waals surface area contributed by atoms with Crippen LogP contribution in [0.5, 0.6) is 0 Å². The number of rotatable bonds is 5. The Morgan fingerprint density at radius 1 is 0.966 bits per heavy atom. The van der Waals surface area contributed by atoms with Gasteiger partial charge in [0.2, 0.25) is 20.0 Å². The smallest absolute Gasteiger partial charge is 0.250 e. The fourth-order valence-electron chi connectivity index (χ4n) is 3.13. The molecule has 1 fully saturated rings. The van der Waals surface area contributed by atoms with Crippen LogP contribution < -0.4 is 15.8 Å². The van der Waals surface area contributed by atoms with Crippen LogP contribution in [0.25, 0.3) is 0 Å². The van der Waals surface area contributed by atoms with Crippen molar-refractivity contribution in [2.75, 3.05) is 31.1 Å². The van der Waals surface area contributed by atoms with Gasteiger partial charge < -0.3 is 10.6 Å². The summed E-state index contributed by atoms with van der Waals surface area (Å²) in [7, 11) is -8.03. The van der Waals surface area contributed by atoms with Crippen molar-refractivity contribution >= 4 is 31.6 Å². The fourth-order valence-corrected chi connectivity index (χ4v) is 5.15. The van der Waals surface area contributed by atoms with E-state index in [2.05, 4.69) is 0 Å². The monoisotopic (exact) mass is 442 g/mol. The van der Waals surface area contributed by atoms with E-state index in [4.69, 9.17) is 10.9 Å². The molecule has 9 nitrogen and oxygen atoms in total. The summed E-state index contributed by atoms with van der Waals surface area (Å²) in [5, 5.41) is 5.09. The number of hydrogen-bond donors (Lipinski definition) is 2. The van der Waals surface area contributed by atoms with E-state index < -0.39 is 36.7 Å². The van der Waals surface area contributed by atoms with Crippen LogP contribution in [0.2, 0.25) is 0 Å². The van der Waals surface area contributed by atoms with Crippen LogP contribution in [-0.4, -0.2) is 53.2 Å². The number of hydrogen-bond acceptors (Lipinski definition) is 6. The summed E-state index contributed by atoms with van der Waals surface area (Å²) in [5.41, 5.74) is 5.70. The van der Waals surface area contributed by atoms with E-state index in [1.165, 1.54) is 30.3 Å². The molecule has 1 aliphatic rings. The molecular formula is C17H19FN4O5S2. The highest BCUT2D eigenvalue weighted by Crippen LogP contribution is 2.27. The quantitative estimate of drug-likeness (QED) is 0.671. The molecule has 1 aliphatic heterocycles. The number of nitrogens with two attached hydrogens (primary N) is 2. The van der Waals surface area contributed by atoms with Gasteiger partial charge in [0, 0.05) is 31.9 Å². The first-order valence-corrected chi connectivity index (χ1v) is 11.5. The maximum atomic E-state index is 13.9. The minimum absolute atomic E-state index is 0.0399. The summed E-state index contributed by atoms with van der Waals surface area (Å²) in [6, 6.07) is 8.88. The second-order valence-corrected chi connectivity index (χ2v) is 9.88. The lowest BCUT2D eigenvalue weighted by Crippen LogP contribution is -2.49. The largest absolute Gasteiger partial charge is 0.368 e. The maximum Gasteiger partial charge on any atom is 0.250 e. The molecule has 2 aromatic carbocycles. The van der Waals surface area contributed by atoms with Crippen molar-refractivity contribution in [1.82, 2.24) is 4.31 Å². The van der Waals surface area contributed by atoms with Crippen LogP contribution in [-0.2, 0) is 20.0 Å². The van der Waals surface area contributed by atoms with E-state index in [1.54, 1.807) is 4.90 Å². The number of carbonyl (C=O) groups is 1. The van der Waals surface area contributed by atoms with E-state index in [1.807, 2.05) is 0 Å². The zero-order valence-corrected chi connectivity index (χ0v) is 16.8. The van der Waals surface area contributed by atoms with Crippen molar-refractivity contribution in [3.05, 3.63) is 53.8 Å². The van der Waals surface area contributed by atoms with Crippen LogP contribution in [0.1, 0.15) is 10.4 Å². The van der Waals surface area contributed by atoms with Gasteiger partial charge in [0.25, 0.3) is 5.91 Å². The second-order valence-electron chi connectivity index (χ2n) is 6.41. The first-order chi connectivity index (χ1) is 13.5. The molecule has 3 rings (SSSR count). The molecule has 2 aromatic rings. The highest BCUT2D eigenvalue weighted by molar-refractivity contribution is 7.89. The van der Waals surface area contributed by atoms with Crippen LogP contribution in [0.15, 0.2) is 52.3 Å². The average Bonchev–Trinajstić information content (AvgIpc) is 2.67. The lowest BCUT2D eigenvalue weighted by Gasteiger charge is -2.36. The minimum atomic E-state index is -4.02. The van der Waals surface area contributed by atoms with Gasteiger partial charge in [-0.3, -0.25) is 4.79 Å². The molecule has 0 spiro atoms. The summed E-state index contributed by atoms with van der Waals surface area (Å²) in [4.78, 5) is 12.9. The van der Waals surface area contributed by atoms with Gasteiger partial charge >= 0.3 is 0 Å². The third-order valence-corrected chi connectivity index (χ3v) is 7.44. The van der Waals surface area contributed by atoms with Gasteiger partial charge in [-0.05, 0) is 30.3 Å². The normalized spacial score (nSPS) is 16.0. The zero-order valence-electron chi connectivity index (χ0n) is 15.2. The van der Waals surface area contributed by atoms with Gasteiger partial charge in [-0.25, -0.2) is 26.4 Å². The summed E-state index contributed by atoms with van der Waals surface area (Å²) in [5.74, 6) is -1.67. The van der Waals surface area contributed by atoms with Crippen molar-refractivity contribution < 1.29 is 26.0 Å². The Hall–Kier alpha value is -2.54. The highest BCUT2D eigenvalue weighted by atomic mass is 32.2. The number of benzene rings is 2. The van der Waals surface area contributed by atoms with E-state index in [0.717, 1.165) is 16.4 Å². The highest BCUT2D eigenvalue weighted by Gasteiger charge is 2.31. The molecule has 1 amide bonds. The molecular weight excluding hydrogens is 423 g/mol. The summed E-state index contributed by atoms with van der Waals surface area (Å²) in [6.45, 7) is 0.489. The number of amides is 1. The fraction of sp³-hybridized carbons (Fsp3) is 0.235. The van der Waals surface area contributed by atoms with Gasteiger partial charge in [-0.1, -0.05) is 12.1 Å². The molecule has 1 heterocycles. The second kappa shape index (κ2) is 7.71. The van der Waals surface area contributed by atoms with E-state index >= 15 is 0 Å². The Balaban J connectivity index is 1.84. The zero-order chi connectivity index (χ0) is 21.4. The molecule has 12 heteroatoms. The van der Waals surface area contributed by atoms with Crippen molar-refractivity contribution in [3.63, 3.8) is 0 Å². The van der Waals surface area contributed by atoms with Gasteiger partial charge in [-0.2, -0.15) is 4.31 Å². The lowest BCUT2D eigenvalue weighted by atomic mass is 10.1. The van der Waals surface area contributed by atoms with Crippen LogP contribution in [0.3, 0.4) is 0 Å². The standard InChI is InChI=1S/C17H19FN4O5S2/c18-14-3-1-2-4-16(14)29(26,27)22-9-7-21(8-10-22)15-6-5-12(28(20,24)25)11-13(15)17(19)23/h1-6,11H,7-10H2,(H2,19,23)(H2,20,24,25). The van der Waals surface area contributed by atoms with Crippen molar-refractivity contribution in [3.8, 4) is 0 Å². The van der Waals surface area contributed by atoms with E-state index in [0.29, 0.717) is 5.69 Å². The summed E-state index contributed by atoms with van der Waals surface area (Å²) < 4.78 is 63.5. The van der Waals surface area contributed by atoms with Gasteiger partial charge in [0.15, 0.2) is 0 Å². The molecule has 156 valence electrons. The number of sulfonamides is 2. The van der Waals surface area contributed by atoms with E-state index in [-0.39, 0.29) is 36.6 Å². The summed E-state index contributed by atoms with van der Waals surface area (Å²) >= 11 is 0. The summed E-state index contributed by atoms with van der Waals surface area (Å²) in [6.07, 6.45) is 0. The van der Waals surface area contributed by atoms with Crippen molar-refractivity contribution in [2.24, 2.45) is 10.9 Å². The molecule has 0 bridgehead atoms. The number of piperazine rings is 1. The number of nitrogens with zero attached hydrogens (tertiary/aromatic N) is 2. The molecule has 0 aliphatic carbocycles. The van der Waals surface area contributed by atoms with Gasteiger partial charge in [-0.15, -0.1) is 0 Å². The van der Waals surface area contributed by atoms with Crippen molar-refractivity contribution in [2.45, 2.75) is 9.79 Å². The van der Waals surface area contributed by atoms with Crippen molar-refractivity contribution in [1.29, 1.82) is 0 Å². The predicted octanol–water partition coefficient (Wildman–Crippen LogP) is 0.0829. The Morgan fingerprint density at radius 3 is 2.14 bits per heavy atom. The molecule has 0 aromatic heterocycles. The molecule has 1 saturated heterocycles. The number of anilines is 1. The minimum Gasteiger partial charge on any atom is -0.368 e. The Morgan fingerprint density at radius 2 is 1.59 bits per heavy atom. The molecule has 0 saturated carbocycles. The van der Waals surface area contributed by atoms with Gasteiger partial charge in [0.05, 0.1) is 10.5 Å². The van der Waals surface area contributed by atoms with E-state index in [9.17, 15) is 26.0 Å². The Kier molecular flexibility index (Phi) is 5.63. The maximum absolute atomic E-state index is 13.9. The number of carbonyl (C=O) groups excluding carboxylic acids is 1. The molecule has 4 N–H and O–H groups in total. The Bertz CT molecular complexity index is 1160. The lowest BCUT2D eigenvalue weighted by molar-refractivity contribution is 0.100. The van der Waals surface area contributed by atoms with Crippen LogP contribution in [0, 0.1) is 5.82 Å². The first-order valence-electron chi connectivity index (χ1n) is 8.48. The average molecular weight is 442 g/mol. The molecule has 0 radical (unpaired) electrons. The van der Waals surface area contributed by atoms with Gasteiger partial charge in [0.1, 0.15) is 10.7 Å². The number of halogens is 1.